The Kier molecular flexibility index (Phi) is 10.6. The van der Waals surface area contributed by atoms with Crippen LogP contribution in [0.1, 0.15) is 42.5 Å². The summed E-state index contributed by atoms with van der Waals surface area (Å²) in [5, 5.41) is 15.8. The van der Waals surface area contributed by atoms with Crippen LogP contribution >= 0.6 is 24.0 Å². The Labute approximate surface area is 202 Å². The number of aliphatic imine (C=N–C) groups is 1. The number of guanidine groups is 1. The highest BCUT2D eigenvalue weighted by Crippen LogP contribution is 2.26. The van der Waals surface area contributed by atoms with Gasteiger partial charge in [-0.3, -0.25) is 4.90 Å². The lowest BCUT2D eigenvalue weighted by molar-refractivity contribution is 0.245. The molecule has 0 amide bonds. The molecule has 1 aliphatic heterocycles. The predicted octanol–water partition coefficient (Wildman–Crippen LogP) is 4.08. The summed E-state index contributed by atoms with van der Waals surface area (Å²) in [5.41, 5.74) is 3.03. The molecule has 6 nitrogen and oxygen atoms in total. The van der Waals surface area contributed by atoms with Crippen molar-refractivity contribution < 1.29 is 4.74 Å². The van der Waals surface area contributed by atoms with E-state index in [0.29, 0.717) is 12.1 Å². The van der Waals surface area contributed by atoms with E-state index in [9.17, 15) is 0 Å². The monoisotopic (exact) mass is 533 g/mol. The third-order valence-electron chi connectivity index (χ3n) is 5.39. The van der Waals surface area contributed by atoms with Crippen molar-refractivity contribution in [3.05, 3.63) is 65.2 Å². The van der Waals surface area contributed by atoms with Crippen LogP contribution in [0.5, 0.6) is 5.75 Å². The van der Waals surface area contributed by atoms with Crippen LogP contribution in [-0.2, 0) is 6.54 Å². The fourth-order valence-electron chi connectivity index (χ4n) is 3.73. The maximum absolute atomic E-state index is 8.94. The SMILES string of the molecule is CCNC(=NCc1ccc(C#N)cc1)NCC(c1ccc(OC)cc1)N1CCCC1.I. The highest BCUT2D eigenvalue weighted by atomic mass is 127. The molecule has 1 atom stereocenters. The highest BCUT2D eigenvalue weighted by Gasteiger charge is 2.23. The summed E-state index contributed by atoms with van der Waals surface area (Å²) >= 11 is 0. The number of benzene rings is 2. The average molecular weight is 533 g/mol. The smallest absolute Gasteiger partial charge is 0.191 e. The molecule has 0 aliphatic carbocycles. The van der Waals surface area contributed by atoms with Crippen LogP contribution < -0.4 is 15.4 Å². The summed E-state index contributed by atoms with van der Waals surface area (Å²) in [7, 11) is 1.70. The number of methoxy groups -OCH3 is 1. The highest BCUT2D eigenvalue weighted by molar-refractivity contribution is 14.0. The molecule has 1 fully saturated rings. The van der Waals surface area contributed by atoms with Crippen LogP contribution in [0.3, 0.4) is 0 Å². The first-order chi connectivity index (χ1) is 14.7. The number of hydrogen-bond acceptors (Lipinski definition) is 4. The summed E-state index contributed by atoms with van der Waals surface area (Å²) < 4.78 is 5.32. The molecule has 7 heteroatoms. The molecule has 2 N–H and O–H groups in total. The first-order valence-corrected chi connectivity index (χ1v) is 10.6. The number of likely N-dealkylation sites (tertiary alicyclic amines) is 1. The minimum Gasteiger partial charge on any atom is -0.497 e. The van der Waals surface area contributed by atoms with Gasteiger partial charge in [0.1, 0.15) is 5.75 Å². The van der Waals surface area contributed by atoms with E-state index < -0.39 is 0 Å². The molecule has 1 aliphatic rings. The standard InChI is InChI=1S/C24H31N5O.HI/c1-3-26-24(27-17-20-8-6-19(16-25)7-9-20)28-18-23(29-14-4-5-15-29)21-10-12-22(30-2)13-11-21;/h6-13,23H,3-5,14-15,17-18H2,1-2H3,(H2,26,27,28);1H. The third-order valence-corrected chi connectivity index (χ3v) is 5.39. The summed E-state index contributed by atoms with van der Waals surface area (Å²) in [6.07, 6.45) is 2.50. The van der Waals surface area contributed by atoms with E-state index in [4.69, 9.17) is 15.0 Å². The zero-order valence-electron chi connectivity index (χ0n) is 18.3. The van der Waals surface area contributed by atoms with Gasteiger partial charge in [0.2, 0.25) is 0 Å². The van der Waals surface area contributed by atoms with Gasteiger partial charge in [-0.1, -0.05) is 24.3 Å². The molecule has 1 unspecified atom stereocenters. The zero-order chi connectivity index (χ0) is 21.2. The molecule has 0 spiro atoms. The molecule has 2 aromatic rings. The first kappa shape index (κ1) is 25.0. The normalized spacial score (nSPS) is 14.9. The second-order valence-corrected chi connectivity index (χ2v) is 7.42. The van der Waals surface area contributed by atoms with Crippen molar-refractivity contribution in [3.63, 3.8) is 0 Å². The molecule has 0 bridgehead atoms. The summed E-state index contributed by atoms with van der Waals surface area (Å²) in [5.74, 6) is 1.68. The third kappa shape index (κ3) is 7.40. The Morgan fingerprint density at radius 2 is 1.77 bits per heavy atom. The maximum atomic E-state index is 8.94. The van der Waals surface area contributed by atoms with Gasteiger partial charge in [0, 0.05) is 13.1 Å². The Bertz CT molecular complexity index is 855. The van der Waals surface area contributed by atoms with Gasteiger partial charge in [0.15, 0.2) is 5.96 Å². The molecule has 0 aromatic heterocycles. The van der Waals surface area contributed by atoms with E-state index in [1.54, 1.807) is 7.11 Å². The Morgan fingerprint density at radius 3 is 2.35 bits per heavy atom. The molecular formula is C24H32IN5O. The predicted molar refractivity (Wildman–Crippen MR) is 136 cm³/mol. The number of rotatable bonds is 8. The lowest BCUT2D eigenvalue weighted by Gasteiger charge is -2.29. The number of nitrogens with zero attached hydrogens (tertiary/aromatic N) is 3. The molecular weight excluding hydrogens is 501 g/mol. The Balaban J connectivity index is 0.00000341. The first-order valence-electron chi connectivity index (χ1n) is 10.6. The average Bonchev–Trinajstić information content (AvgIpc) is 3.33. The van der Waals surface area contributed by atoms with Crippen LogP contribution in [0.25, 0.3) is 0 Å². The van der Waals surface area contributed by atoms with Crippen LogP contribution in [0.15, 0.2) is 53.5 Å². The van der Waals surface area contributed by atoms with Gasteiger partial charge in [-0.2, -0.15) is 5.26 Å². The summed E-state index contributed by atoms with van der Waals surface area (Å²) in [4.78, 5) is 7.27. The van der Waals surface area contributed by atoms with Crippen molar-refractivity contribution in [2.45, 2.75) is 32.4 Å². The van der Waals surface area contributed by atoms with Crippen LogP contribution in [0.4, 0.5) is 0 Å². The van der Waals surface area contributed by atoms with Gasteiger partial charge in [-0.05, 0) is 68.2 Å². The molecule has 1 heterocycles. The van der Waals surface area contributed by atoms with Crippen LogP contribution in [-0.4, -0.2) is 44.1 Å². The lowest BCUT2D eigenvalue weighted by atomic mass is 10.1. The van der Waals surface area contributed by atoms with Crippen LogP contribution in [0, 0.1) is 11.3 Å². The summed E-state index contributed by atoms with van der Waals surface area (Å²) in [6.45, 7) is 6.47. The van der Waals surface area contributed by atoms with E-state index in [-0.39, 0.29) is 30.0 Å². The number of nitriles is 1. The quantitative estimate of drug-likeness (QED) is 0.304. The van der Waals surface area contributed by atoms with E-state index in [1.807, 2.05) is 36.4 Å². The fourth-order valence-corrected chi connectivity index (χ4v) is 3.73. The molecule has 2 aromatic carbocycles. The van der Waals surface area contributed by atoms with Gasteiger partial charge >= 0.3 is 0 Å². The Hall–Kier alpha value is -2.31. The Morgan fingerprint density at radius 1 is 1.10 bits per heavy atom. The zero-order valence-corrected chi connectivity index (χ0v) is 20.6. The van der Waals surface area contributed by atoms with E-state index in [0.717, 1.165) is 43.5 Å². The van der Waals surface area contributed by atoms with E-state index >= 15 is 0 Å². The van der Waals surface area contributed by atoms with Crippen molar-refractivity contribution in [2.75, 3.05) is 33.3 Å². The number of hydrogen-bond donors (Lipinski definition) is 2. The van der Waals surface area contributed by atoms with Gasteiger partial charge < -0.3 is 15.4 Å². The minimum atomic E-state index is 0. The second-order valence-electron chi connectivity index (χ2n) is 7.42. The van der Waals surface area contributed by atoms with Crippen molar-refractivity contribution in [1.29, 1.82) is 5.26 Å². The van der Waals surface area contributed by atoms with Gasteiger partial charge in [-0.25, -0.2) is 4.99 Å². The van der Waals surface area contributed by atoms with Crippen LogP contribution in [0.2, 0.25) is 0 Å². The van der Waals surface area contributed by atoms with E-state index in [2.05, 4.69) is 40.7 Å². The molecule has 31 heavy (non-hydrogen) atoms. The van der Waals surface area contributed by atoms with E-state index in [1.165, 1.54) is 18.4 Å². The fraction of sp³-hybridized carbons (Fsp3) is 0.417. The molecule has 166 valence electrons. The number of halogens is 1. The number of nitrogens with one attached hydrogen (secondary N) is 2. The van der Waals surface area contributed by atoms with Gasteiger partial charge in [-0.15, -0.1) is 24.0 Å². The number of ether oxygens (including phenoxy) is 1. The summed E-state index contributed by atoms with van der Waals surface area (Å²) in [6, 6.07) is 18.4. The maximum Gasteiger partial charge on any atom is 0.191 e. The largest absolute Gasteiger partial charge is 0.497 e. The van der Waals surface area contributed by atoms with Crippen molar-refractivity contribution in [3.8, 4) is 11.8 Å². The van der Waals surface area contributed by atoms with Gasteiger partial charge in [0.25, 0.3) is 0 Å². The molecule has 3 rings (SSSR count). The van der Waals surface area contributed by atoms with Gasteiger partial charge in [0.05, 0.1) is 31.3 Å². The van der Waals surface area contributed by atoms with Crippen molar-refractivity contribution in [2.24, 2.45) is 4.99 Å². The molecule has 0 radical (unpaired) electrons. The van der Waals surface area contributed by atoms with Crippen molar-refractivity contribution in [1.82, 2.24) is 15.5 Å². The lowest BCUT2D eigenvalue weighted by Crippen LogP contribution is -2.42. The molecule has 0 saturated carbocycles. The topological polar surface area (TPSA) is 72.7 Å². The minimum absolute atomic E-state index is 0. The molecule has 1 saturated heterocycles. The second kappa shape index (κ2) is 13.2. The van der Waals surface area contributed by atoms with Crippen molar-refractivity contribution >= 4 is 29.9 Å².